The van der Waals surface area contributed by atoms with Crippen LogP contribution in [0.3, 0.4) is 0 Å². The van der Waals surface area contributed by atoms with Gasteiger partial charge < -0.3 is 5.32 Å². The van der Waals surface area contributed by atoms with Crippen LogP contribution in [-0.4, -0.2) is 31.1 Å². The highest BCUT2D eigenvalue weighted by atomic mass is 16.1. The second kappa shape index (κ2) is 6.78. The summed E-state index contributed by atoms with van der Waals surface area (Å²) in [4.78, 5) is 16.3. The lowest BCUT2D eigenvalue weighted by atomic mass is 10.1. The summed E-state index contributed by atoms with van der Waals surface area (Å²) in [6.07, 6.45) is 3.43. The van der Waals surface area contributed by atoms with E-state index < -0.39 is 0 Å². The molecule has 0 aliphatic rings. The first-order valence-electron chi connectivity index (χ1n) is 7.31. The van der Waals surface area contributed by atoms with Crippen LogP contribution in [0.15, 0.2) is 48.8 Å². The Kier molecular flexibility index (Phi) is 4.37. The molecule has 0 atom stereocenters. The van der Waals surface area contributed by atoms with Gasteiger partial charge in [0.15, 0.2) is 5.82 Å². The number of nitrogens with one attached hydrogen (secondary N) is 1. The van der Waals surface area contributed by atoms with Gasteiger partial charge in [-0.05, 0) is 41.1 Å². The summed E-state index contributed by atoms with van der Waals surface area (Å²) in [5.41, 5.74) is 2.33. The normalized spacial score (nSPS) is 10.5. The molecule has 7 heteroatoms. The summed E-state index contributed by atoms with van der Waals surface area (Å²) in [6.45, 7) is 3.06. The topological polar surface area (TPSA) is 85.6 Å². The van der Waals surface area contributed by atoms with Gasteiger partial charge in [0.2, 0.25) is 0 Å². The highest BCUT2D eigenvalue weighted by Crippen LogP contribution is 2.17. The molecule has 2 heterocycles. The lowest BCUT2D eigenvalue weighted by molar-refractivity contribution is 0.0951. The molecule has 3 aromatic rings. The maximum absolute atomic E-state index is 12.3. The lowest BCUT2D eigenvalue weighted by Crippen LogP contribution is -2.22. The number of carbonyl (C=O) groups is 1. The van der Waals surface area contributed by atoms with E-state index in [0.717, 1.165) is 11.1 Å². The van der Waals surface area contributed by atoms with Crippen molar-refractivity contribution in [2.45, 2.75) is 20.0 Å². The number of aromatic nitrogens is 5. The van der Waals surface area contributed by atoms with Gasteiger partial charge in [-0.25, -0.2) is 4.68 Å². The number of pyridine rings is 1. The second-order valence-corrected chi connectivity index (χ2v) is 4.94. The Morgan fingerprint density at radius 1 is 1.26 bits per heavy atom. The zero-order chi connectivity index (χ0) is 16.1. The summed E-state index contributed by atoms with van der Waals surface area (Å²) in [5.74, 6) is 0.501. The number of carbonyl (C=O) groups excluding carboxylic acids is 1. The van der Waals surface area contributed by atoms with Crippen LogP contribution in [-0.2, 0) is 13.1 Å². The van der Waals surface area contributed by atoms with E-state index in [4.69, 9.17) is 0 Å². The Labute approximate surface area is 133 Å². The van der Waals surface area contributed by atoms with E-state index in [2.05, 4.69) is 25.8 Å². The molecule has 23 heavy (non-hydrogen) atoms. The summed E-state index contributed by atoms with van der Waals surface area (Å²) in [5, 5.41) is 14.5. The minimum Gasteiger partial charge on any atom is -0.348 e. The zero-order valence-electron chi connectivity index (χ0n) is 12.7. The molecule has 0 unspecified atom stereocenters. The SMILES string of the molecule is CCn1nnnc1-c1cccc(C(=O)NCc2cccnc2)c1. The first-order valence-corrected chi connectivity index (χ1v) is 7.31. The van der Waals surface area contributed by atoms with E-state index in [1.807, 2.05) is 31.2 Å². The molecule has 0 fully saturated rings. The molecular weight excluding hydrogens is 292 g/mol. The smallest absolute Gasteiger partial charge is 0.251 e. The Morgan fingerprint density at radius 2 is 2.17 bits per heavy atom. The average Bonchev–Trinajstić information content (AvgIpc) is 3.09. The van der Waals surface area contributed by atoms with E-state index >= 15 is 0 Å². The number of tetrazole rings is 1. The van der Waals surface area contributed by atoms with Crippen LogP contribution < -0.4 is 5.32 Å². The standard InChI is InChI=1S/C16H16N6O/c1-2-22-15(19-20-21-22)13-6-3-7-14(9-13)16(23)18-11-12-5-4-8-17-10-12/h3-10H,2,11H2,1H3,(H,18,23). The van der Waals surface area contributed by atoms with Crippen LogP contribution in [0.25, 0.3) is 11.4 Å². The average molecular weight is 308 g/mol. The first-order chi connectivity index (χ1) is 11.3. The van der Waals surface area contributed by atoms with Crippen LogP contribution >= 0.6 is 0 Å². The Morgan fingerprint density at radius 3 is 2.96 bits per heavy atom. The van der Waals surface area contributed by atoms with Crippen molar-refractivity contribution >= 4 is 5.91 Å². The number of amides is 1. The van der Waals surface area contributed by atoms with Gasteiger partial charge >= 0.3 is 0 Å². The zero-order valence-corrected chi connectivity index (χ0v) is 12.7. The van der Waals surface area contributed by atoms with Crippen molar-refractivity contribution in [3.63, 3.8) is 0 Å². The first kappa shape index (κ1) is 14.8. The van der Waals surface area contributed by atoms with E-state index in [1.165, 1.54) is 0 Å². The molecule has 2 aromatic heterocycles. The van der Waals surface area contributed by atoms with E-state index in [1.54, 1.807) is 29.2 Å². The number of rotatable bonds is 5. The van der Waals surface area contributed by atoms with Crippen molar-refractivity contribution in [1.82, 2.24) is 30.5 Å². The van der Waals surface area contributed by atoms with Crippen LogP contribution in [0.4, 0.5) is 0 Å². The van der Waals surface area contributed by atoms with Crippen LogP contribution in [0.2, 0.25) is 0 Å². The highest BCUT2D eigenvalue weighted by molar-refractivity contribution is 5.95. The number of nitrogens with zero attached hydrogens (tertiary/aromatic N) is 5. The number of hydrogen-bond donors (Lipinski definition) is 1. The predicted octanol–water partition coefficient (Wildman–Crippen LogP) is 1.69. The monoisotopic (exact) mass is 308 g/mol. The number of benzene rings is 1. The Balaban J connectivity index is 1.75. The van der Waals surface area contributed by atoms with Gasteiger partial charge in [0.05, 0.1) is 0 Å². The van der Waals surface area contributed by atoms with Gasteiger partial charge in [-0.15, -0.1) is 5.10 Å². The summed E-state index contributed by atoms with van der Waals surface area (Å²) >= 11 is 0. The van der Waals surface area contributed by atoms with Crippen molar-refractivity contribution in [2.24, 2.45) is 0 Å². The molecule has 0 bridgehead atoms. The maximum atomic E-state index is 12.3. The van der Waals surface area contributed by atoms with E-state index in [-0.39, 0.29) is 5.91 Å². The largest absolute Gasteiger partial charge is 0.348 e. The van der Waals surface area contributed by atoms with Gasteiger partial charge in [0.1, 0.15) is 0 Å². The molecule has 0 aliphatic carbocycles. The lowest BCUT2D eigenvalue weighted by Gasteiger charge is -2.07. The predicted molar refractivity (Wildman–Crippen MR) is 84.3 cm³/mol. The molecular formula is C16H16N6O. The third kappa shape index (κ3) is 3.39. The van der Waals surface area contributed by atoms with Crippen molar-refractivity contribution in [3.05, 3.63) is 59.9 Å². The Bertz CT molecular complexity index is 799. The molecule has 1 amide bonds. The van der Waals surface area contributed by atoms with Gasteiger partial charge in [-0.1, -0.05) is 18.2 Å². The van der Waals surface area contributed by atoms with Gasteiger partial charge in [0.25, 0.3) is 5.91 Å². The number of aryl methyl sites for hydroxylation is 1. The van der Waals surface area contributed by atoms with Gasteiger partial charge in [-0.3, -0.25) is 9.78 Å². The Hall–Kier alpha value is -3.09. The third-order valence-electron chi connectivity index (χ3n) is 3.39. The molecule has 0 saturated heterocycles. The quantitative estimate of drug-likeness (QED) is 0.775. The molecule has 1 aromatic carbocycles. The molecule has 0 radical (unpaired) electrons. The van der Waals surface area contributed by atoms with Crippen LogP contribution in [0.5, 0.6) is 0 Å². The third-order valence-corrected chi connectivity index (χ3v) is 3.39. The van der Waals surface area contributed by atoms with Crippen LogP contribution in [0, 0.1) is 0 Å². The molecule has 0 aliphatic heterocycles. The molecule has 3 rings (SSSR count). The minimum atomic E-state index is -0.147. The highest BCUT2D eigenvalue weighted by Gasteiger charge is 2.11. The van der Waals surface area contributed by atoms with Crippen molar-refractivity contribution in [1.29, 1.82) is 0 Å². The van der Waals surface area contributed by atoms with E-state index in [0.29, 0.717) is 24.5 Å². The van der Waals surface area contributed by atoms with E-state index in [9.17, 15) is 4.79 Å². The van der Waals surface area contributed by atoms with Crippen molar-refractivity contribution < 1.29 is 4.79 Å². The second-order valence-electron chi connectivity index (χ2n) is 4.94. The van der Waals surface area contributed by atoms with Crippen molar-refractivity contribution in [2.75, 3.05) is 0 Å². The fourth-order valence-corrected chi connectivity index (χ4v) is 2.21. The van der Waals surface area contributed by atoms with Gasteiger partial charge in [0, 0.05) is 36.6 Å². The van der Waals surface area contributed by atoms with Gasteiger partial charge in [-0.2, -0.15) is 0 Å². The molecule has 7 nitrogen and oxygen atoms in total. The molecule has 1 N–H and O–H groups in total. The summed E-state index contributed by atoms with van der Waals surface area (Å²) in [7, 11) is 0. The summed E-state index contributed by atoms with van der Waals surface area (Å²) < 4.78 is 1.69. The fraction of sp³-hybridized carbons (Fsp3) is 0.188. The molecule has 116 valence electrons. The molecule has 0 saturated carbocycles. The maximum Gasteiger partial charge on any atom is 0.251 e. The van der Waals surface area contributed by atoms with Crippen molar-refractivity contribution in [3.8, 4) is 11.4 Å². The summed E-state index contributed by atoms with van der Waals surface area (Å²) in [6, 6.07) is 11.0. The molecule has 0 spiro atoms. The fourth-order valence-electron chi connectivity index (χ4n) is 2.21. The van der Waals surface area contributed by atoms with Crippen LogP contribution in [0.1, 0.15) is 22.8 Å². The number of hydrogen-bond acceptors (Lipinski definition) is 5. The minimum absolute atomic E-state index is 0.147.